The van der Waals surface area contributed by atoms with Gasteiger partial charge >= 0.3 is 0 Å². The minimum Gasteiger partial charge on any atom is -0.380 e. The third-order valence-corrected chi connectivity index (χ3v) is 6.60. The Morgan fingerprint density at radius 2 is 1.82 bits per heavy atom. The summed E-state index contributed by atoms with van der Waals surface area (Å²) in [5.74, 6) is -0.303. The van der Waals surface area contributed by atoms with Gasteiger partial charge in [-0.25, -0.2) is 8.42 Å². The minimum atomic E-state index is -3.64. The number of methoxy groups -OCH3 is 1. The zero-order valence-corrected chi connectivity index (χ0v) is 16.8. The summed E-state index contributed by atoms with van der Waals surface area (Å²) in [6.45, 7) is 3.63. The Hall–Kier alpha value is -2.26. The van der Waals surface area contributed by atoms with E-state index >= 15 is 0 Å². The number of hydrogen-bond donors (Lipinski definition) is 1. The molecule has 0 aliphatic carbocycles. The van der Waals surface area contributed by atoms with E-state index < -0.39 is 10.0 Å². The van der Waals surface area contributed by atoms with Gasteiger partial charge in [0, 0.05) is 31.5 Å². The van der Waals surface area contributed by atoms with Crippen LogP contribution >= 0.6 is 0 Å². The summed E-state index contributed by atoms with van der Waals surface area (Å²) in [6, 6.07) is 12.0. The van der Waals surface area contributed by atoms with Gasteiger partial charge in [0.2, 0.25) is 10.0 Å². The molecule has 0 atom stereocenters. The molecule has 2 aromatic rings. The van der Waals surface area contributed by atoms with E-state index in [-0.39, 0.29) is 10.8 Å². The topological polar surface area (TPSA) is 84.9 Å². The second kappa shape index (κ2) is 8.83. The molecule has 0 radical (unpaired) electrons. The fourth-order valence-electron chi connectivity index (χ4n) is 3.00. The molecule has 1 aliphatic rings. The second-order valence-corrected chi connectivity index (χ2v) is 8.49. The van der Waals surface area contributed by atoms with E-state index in [0.29, 0.717) is 49.7 Å². The highest BCUT2D eigenvalue weighted by Crippen LogP contribution is 2.24. The van der Waals surface area contributed by atoms with Crippen LogP contribution in [-0.2, 0) is 26.1 Å². The summed E-state index contributed by atoms with van der Waals surface area (Å²) in [5.41, 5.74) is 2.52. The number of carbonyl (C=O) groups is 1. The number of nitrogens with one attached hydrogen (secondary N) is 1. The van der Waals surface area contributed by atoms with Crippen molar-refractivity contribution in [1.29, 1.82) is 0 Å². The van der Waals surface area contributed by atoms with E-state index in [1.54, 1.807) is 38.3 Å². The number of nitrogens with zero attached hydrogens (tertiary/aromatic N) is 1. The van der Waals surface area contributed by atoms with E-state index in [1.807, 2.05) is 12.1 Å². The fraction of sp³-hybridized carbons (Fsp3) is 0.350. The van der Waals surface area contributed by atoms with Crippen LogP contribution in [0.2, 0.25) is 0 Å². The number of hydrogen-bond acceptors (Lipinski definition) is 5. The number of morpholine rings is 1. The van der Waals surface area contributed by atoms with Crippen molar-refractivity contribution in [3.63, 3.8) is 0 Å². The molecule has 28 heavy (non-hydrogen) atoms. The van der Waals surface area contributed by atoms with Crippen LogP contribution in [0, 0.1) is 6.92 Å². The normalized spacial score (nSPS) is 15.4. The van der Waals surface area contributed by atoms with Crippen molar-refractivity contribution in [3.8, 4) is 0 Å². The van der Waals surface area contributed by atoms with Gasteiger partial charge in [0.1, 0.15) is 0 Å². The van der Waals surface area contributed by atoms with E-state index in [9.17, 15) is 13.2 Å². The minimum absolute atomic E-state index is 0.197. The van der Waals surface area contributed by atoms with Gasteiger partial charge in [0.05, 0.1) is 24.7 Å². The maximum absolute atomic E-state index is 13.0. The zero-order valence-electron chi connectivity index (χ0n) is 16.0. The van der Waals surface area contributed by atoms with Crippen LogP contribution in [0.15, 0.2) is 47.4 Å². The first-order valence-electron chi connectivity index (χ1n) is 8.99. The van der Waals surface area contributed by atoms with Gasteiger partial charge < -0.3 is 14.8 Å². The van der Waals surface area contributed by atoms with Gasteiger partial charge in [-0.15, -0.1) is 0 Å². The van der Waals surface area contributed by atoms with Crippen molar-refractivity contribution >= 4 is 21.6 Å². The molecule has 1 N–H and O–H groups in total. The maximum atomic E-state index is 13.0. The Kier molecular flexibility index (Phi) is 6.46. The van der Waals surface area contributed by atoms with Crippen LogP contribution in [0.5, 0.6) is 0 Å². The van der Waals surface area contributed by atoms with Crippen LogP contribution in [0.25, 0.3) is 0 Å². The number of benzene rings is 2. The zero-order chi connectivity index (χ0) is 20.1. The van der Waals surface area contributed by atoms with Crippen molar-refractivity contribution in [2.24, 2.45) is 0 Å². The molecule has 8 heteroatoms. The predicted octanol–water partition coefficient (Wildman–Crippen LogP) is 2.41. The Morgan fingerprint density at radius 1 is 1.14 bits per heavy atom. The fourth-order valence-corrected chi connectivity index (χ4v) is 4.66. The third-order valence-electron chi connectivity index (χ3n) is 4.56. The summed E-state index contributed by atoms with van der Waals surface area (Å²) in [5, 5.41) is 2.77. The lowest BCUT2D eigenvalue weighted by Gasteiger charge is -2.26. The van der Waals surface area contributed by atoms with Gasteiger partial charge in [-0.1, -0.05) is 18.2 Å². The van der Waals surface area contributed by atoms with Crippen molar-refractivity contribution < 1.29 is 22.7 Å². The van der Waals surface area contributed by atoms with Crippen LogP contribution < -0.4 is 5.32 Å². The smallest absolute Gasteiger partial charge is 0.255 e. The SMILES string of the molecule is COCc1ccc(C(=O)Nc2ccc(C)c(S(=O)(=O)N3CCOCC3)c2)cc1. The van der Waals surface area contributed by atoms with E-state index in [1.165, 1.54) is 10.4 Å². The monoisotopic (exact) mass is 404 g/mol. The quantitative estimate of drug-likeness (QED) is 0.799. The maximum Gasteiger partial charge on any atom is 0.255 e. The molecule has 0 saturated carbocycles. The largest absolute Gasteiger partial charge is 0.380 e. The van der Waals surface area contributed by atoms with Gasteiger partial charge in [0.15, 0.2) is 0 Å². The molecule has 1 heterocycles. The average molecular weight is 404 g/mol. The molecular formula is C20H24N2O5S. The number of sulfonamides is 1. The summed E-state index contributed by atoms with van der Waals surface area (Å²) < 4.78 is 37.6. The van der Waals surface area contributed by atoms with Crippen LogP contribution in [0.4, 0.5) is 5.69 Å². The van der Waals surface area contributed by atoms with Gasteiger partial charge in [-0.2, -0.15) is 4.31 Å². The first-order valence-corrected chi connectivity index (χ1v) is 10.4. The molecule has 7 nitrogen and oxygen atoms in total. The average Bonchev–Trinajstić information content (AvgIpc) is 2.71. The highest BCUT2D eigenvalue weighted by Gasteiger charge is 2.28. The van der Waals surface area contributed by atoms with Gasteiger partial charge in [-0.3, -0.25) is 4.79 Å². The standard InChI is InChI=1S/C20H24N2O5S/c1-15-3-8-18(13-19(15)28(24,25)22-9-11-27-12-10-22)21-20(23)17-6-4-16(5-7-17)14-26-2/h3-8,13H,9-12,14H2,1-2H3,(H,21,23). The molecule has 0 unspecified atom stereocenters. The number of anilines is 1. The Morgan fingerprint density at radius 3 is 2.46 bits per heavy atom. The number of ether oxygens (including phenoxy) is 2. The van der Waals surface area contributed by atoms with Crippen LogP contribution in [-0.4, -0.2) is 52.0 Å². The lowest BCUT2D eigenvalue weighted by Crippen LogP contribution is -2.40. The molecule has 150 valence electrons. The third kappa shape index (κ3) is 4.59. The number of rotatable bonds is 6. The molecule has 1 aliphatic heterocycles. The van der Waals surface area contributed by atoms with Crippen molar-refractivity contribution in [1.82, 2.24) is 4.31 Å². The predicted molar refractivity (Wildman–Crippen MR) is 106 cm³/mol. The molecule has 0 aromatic heterocycles. The second-order valence-electron chi connectivity index (χ2n) is 6.58. The molecule has 0 bridgehead atoms. The number of aryl methyl sites for hydroxylation is 1. The lowest BCUT2D eigenvalue weighted by atomic mass is 10.1. The van der Waals surface area contributed by atoms with Gasteiger partial charge in [0.25, 0.3) is 5.91 Å². The molecule has 2 aromatic carbocycles. The molecule has 1 amide bonds. The summed E-state index contributed by atoms with van der Waals surface area (Å²) in [4.78, 5) is 12.7. The van der Waals surface area contributed by atoms with Crippen molar-refractivity contribution in [2.45, 2.75) is 18.4 Å². The molecule has 3 rings (SSSR count). The Labute approximate surface area is 165 Å². The summed E-state index contributed by atoms with van der Waals surface area (Å²) in [7, 11) is -2.03. The number of carbonyl (C=O) groups excluding carboxylic acids is 1. The van der Waals surface area contributed by atoms with E-state index in [2.05, 4.69) is 5.32 Å². The summed E-state index contributed by atoms with van der Waals surface area (Å²) in [6.07, 6.45) is 0. The Balaban J connectivity index is 1.80. The van der Waals surface area contributed by atoms with E-state index in [4.69, 9.17) is 9.47 Å². The van der Waals surface area contributed by atoms with Crippen molar-refractivity contribution in [3.05, 3.63) is 59.2 Å². The lowest BCUT2D eigenvalue weighted by molar-refractivity contribution is 0.0730. The van der Waals surface area contributed by atoms with Gasteiger partial charge in [-0.05, 0) is 42.3 Å². The first kappa shape index (κ1) is 20.5. The molecule has 1 fully saturated rings. The molecule has 1 saturated heterocycles. The first-order chi connectivity index (χ1) is 13.4. The molecular weight excluding hydrogens is 380 g/mol. The van der Waals surface area contributed by atoms with E-state index in [0.717, 1.165) is 5.56 Å². The Bertz CT molecular complexity index is 936. The number of amides is 1. The molecule has 0 spiro atoms. The van der Waals surface area contributed by atoms with Crippen molar-refractivity contribution in [2.75, 3.05) is 38.7 Å². The highest BCUT2D eigenvalue weighted by molar-refractivity contribution is 7.89. The van der Waals surface area contributed by atoms with Crippen LogP contribution in [0.3, 0.4) is 0 Å². The van der Waals surface area contributed by atoms with Crippen LogP contribution in [0.1, 0.15) is 21.5 Å². The summed E-state index contributed by atoms with van der Waals surface area (Å²) >= 11 is 0. The highest BCUT2D eigenvalue weighted by atomic mass is 32.2.